The third-order valence-electron chi connectivity index (χ3n) is 4.00. The van der Waals surface area contributed by atoms with Gasteiger partial charge in [-0.1, -0.05) is 12.8 Å². The van der Waals surface area contributed by atoms with E-state index in [0.717, 1.165) is 12.1 Å². The average molecular weight is 278 g/mol. The molecule has 0 aromatic carbocycles. The van der Waals surface area contributed by atoms with Gasteiger partial charge in [-0.05, 0) is 37.3 Å². The van der Waals surface area contributed by atoms with E-state index in [1.807, 2.05) is 13.0 Å². The lowest BCUT2D eigenvalue weighted by molar-refractivity contribution is -0.139. The van der Waals surface area contributed by atoms with E-state index in [9.17, 15) is 9.59 Å². The molecule has 1 aromatic rings. The van der Waals surface area contributed by atoms with Crippen molar-refractivity contribution in [3.05, 3.63) is 33.7 Å². The topological polar surface area (TPSA) is 60.3 Å². The number of pyridine rings is 1. The van der Waals surface area contributed by atoms with Crippen molar-refractivity contribution in [2.24, 2.45) is 5.92 Å². The first-order valence-corrected chi connectivity index (χ1v) is 7.13. The number of carbonyl (C=O) groups excluding carboxylic acids is 1. The number of methoxy groups -OCH3 is 1. The van der Waals surface area contributed by atoms with Gasteiger partial charge in [0, 0.05) is 18.3 Å². The van der Waals surface area contributed by atoms with Gasteiger partial charge in [0.2, 0.25) is 0 Å². The maximum Gasteiger partial charge on any atom is 0.310 e. The number of rotatable bonds is 5. The number of nitrogens with zero attached hydrogens (tertiary/aromatic N) is 1. The van der Waals surface area contributed by atoms with E-state index in [2.05, 4.69) is 10.2 Å². The fourth-order valence-electron chi connectivity index (χ4n) is 2.67. The molecule has 110 valence electrons. The van der Waals surface area contributed by atoms with Gasteiger partial charge in [-0.3, -0.25) is 9.59 Å². The molecule has 1 aromatic heterocycles. The van der Waals surface area contributed by atoms with Gasteiger partial charge in [0.05, 0.1) is 13.5 Å². The third-order valence-corrected chi connectivity index (χ3v) is 4.00. The fraction of sp³-hybridized carbons (Fsp3) is 0.600. The summed E-state index contributed by atoms with van der Waals surface area (Å²) in [4.78, 5) is 23.7. The Bertz CT molecular complexity index is 530. The molecular weight excluding hydrogens is 256 g/mol. The molecule has 0 spiro atoms. The van der Waals surface area contributed by atoms with Gasteiger partial charge in [-0.15, -0.1) is 0 Å². The zero-order chi connectivity index (χ0) is 14.5. The summed E-state index contributed by atoms with van der Waals surface area (Å²) >= 11 is 0. The minimum absolute atomic E-state index is 0.0209. The Hall–Kier alpha value is -1.78. The molecule has 0 saturated heterocycles. The number of aromatic nitrogens is 1. The van der Waals surface area contributed by atoms with E-state index < -0.39 is 5.97 Å². The zero-order valence-corrected chi connectivity index (χ0v) is 12.1. The highest BCUT2D eigenvalue weighted by Crippen LogP contribution is 2.23. The predicted octanol–water partition coefficient (Wildman–Crippen LogP) is 1.61. The SMILES string of the molecule is COC(=O)Cc1c(C)ccn(NCC2CCCC2)c1=O. The van der Waals surface area contributed by atoms with Crippen LogP contribution in [0.15, 0.2) is 17.1 Å². The number of esters is 1. The smallest absolute Gasteiger partial charge is 0.310 e. The van der Waals surface area contributed by atoms with Gasteiger partial charge in [0.1, 0.15) is 0 Å². The second kappa shape index (κ2) is 6.59. The molecule has 1 aliphatic carbocycles. The lowest BCUT2D eigenvalue weighted by Crippen LogP contribution is -2.34. The lowest BCUT2D eigenvalue weighted by atomic mass is 10.1. The quantitative estimate of drug-likeness (QED) is 0.831. The van der Waals surface area contributed by atoms with Crippen molar-refractivity contribution in [3.63, 3.8) is 0 Å². The first-order chi connectivity index (χ1) is 9.61. The Kier molecular flexibility index (Phi) is 4.82. The van der Waals surface area contributed by atoms with Crippen LogP contribution in [0.5, 0.6) is 0 Å². The standard InChI is InChI=1S/C15H22N2O3/c1-11-7-8-17(16-10-12-5-3-4-6-12)15(19)13(11)9-14(18)20-2/h7-8,12,16H,3-6,9-10H2,1-2H3. The highest BCUT2D eigenvalue weighted by atomic mass is 16.5. The molecule has 1 N–H and O–H groups in total. The monoisotopic (exact) mass is 278 g/mol. The van der Waals surface area contributed by atoms with Crippen molar-refractivity contribution in [3.8, 4) is 0 Å². The number of aryl methyl sites for hydroxylation is 1. The van der Waals surface area contributed by atoms with Gasteiger partial charge >= 0.3 is 5.97 Å². The van der Waals surface area contributed by atoms with Crippen molar-refractivity contribution in [1.29, 1.82) is 0 Å². The van der Waals surface area contributed by atoms with Gasteiger partial charge < -0.3 is 10.2 Å². The molecular formula is C15H22N2O3. The normalized spacial score (nSPS) is 15.3. The van der Waals surface area contributed by atoms with Crippen LogP contribution >= 0.6 is 0 Å². The summed E-state index contributed by atoms with van der Waals surface area (Å²) in [5.74, 6) is 0.256. The molecule has 20 heavy (non-hydrogen) atoms. The maximum atomic E-state index is 12.3. The molecule has 0 unspecified atom stereocenters. The molecule has 1 saturated carbocycles. The highest BCUT2D eigenvalue weighted by Gasteiger charge is 2.16. The molecule has 5 nitrogen and oxygen atoms in total. The van der Waals surface area contributed by atoms with Crippen molar-refractivity contribution < 1.29 is 9.53 Å². The van der Waals surface area contributed by atoms with Crippen LogP contribution in [0, 0.1) is 12.8 Å². The average Bonchev–Trinajstić information content (AvgIpc) is 2.95. The molecule has 0 bridgehead atoms. The van der Waals surface area contributed by atoms with E-state index in [0.29, 0.717) is 11.5 Å². The van der Waals surface area contributed by atoms with Gasteiger partial charge in [0.15, 0.2) is 0 Å². The van der Waals surface area contributed by atoms with Gasteiger partial charge in [-0.25, -0.2) is 4.68 Å². The number of hydrogen-bond acceptors (Lipinski definition) is 4. The molecule has 1 heterocycles. The molecule has 2 rings (SSSR count). The lowest BCUT2D eigenvalue weighted by Gasteiger charge is -2.15. The van der Waals surface area contributed by atoms with E-state index in [1.165, 1.54) is 37.5 Å². The Morgan fingerprint density at radius 3 is 2.80 bits per heavy atom. The number of ether oxygens (including phenoxy) is 1. The number of nitrogens with one attached hydrogen (secondary N) is 1. The van der Waals surface area contributed by atoms with Crippen LogP contribution in [0.2, 0.25) is 0 Å². The van der Waals surface area contributed by atoms with E-state index in [1.54, 1.807) is 6.20 Å². The molecule has 1 fully saturated rings. The van der Waals surface area contributed by atoms with Gasteiger partial charge in [-0.2, -0.15) is 0 Å². The summed E-state index contributed by atoms with van der Waals surface area (Å²) in [6.07, 6.45) is 6.76. The van der Waals surface area contributed by atoms with Crippen molar-refractivity contribution in [1.82, 2.24) is 4.68 Å². The van der Waals surface area contributed by atoms with E-state index in [4.69, 9.17) is 0 Å². The number of carbonyl (C=O) groups is 1. The summed E-state index contributed by atoms with van der Waals surface area (Å²) in [5, 5.41) is 0. The Morgan fingerprint density at radius 2 is 2.15 bits per heavy atom. The first-order valence-electron chi connectivity index (χ1n) is 7.13. The van der Waals surface area contributed by atoms with Crippen molar-refractivity contribution in [2.45, 2.75) is 39.0 Å². The van der Waals surface area contributed by atoms with Crippen LogP contribution in [0.4, 0.5) is 0 Å². The minimum atomic E-state index is -0.390. The Balaban J connectivity index is 2.11. The van der Waals surface area contributed by atoms with Crippen LogP contribution in [-0.2, 0) is 16.0 Å². The van der Waals surface area contributed by atoms with Crippen LogP contribution in [0.25, 0.3) is 0 Å². The largest absolute Gasteiger partial charge is 0.469 e. The summed E-state index contributed by atoms with van der Waals surface area (Å²) in [6, 6.07) is 1.85. The zero-order valence-electron chi connectivity index (χ0n) is 12.1. The molecule has 0 aliphatic heterocycles. The van der Waals surface area contributed by atoms with Crippen molar-refractivity contribution in [2.75, 3.05) is 19.1 Å². The molecule has 0 amide bonds. The molecule has 0 atom stereocenters. The second-order valence-electron chi connectivity index (χ2n) is 5.42. The second-order valence-corrected chi connectivity index (χ2v) is 5.42. The van der Waals surface area contributed by atoms with Crippen LogP contribution in [0.3, 0.4) is 0 Å². The Labute approximate surface area is 118 Å². The van der Waals surface area contributed by atoms with E-state index in [-0.39, 0.29) is 12.0 Å². The highest BCUT2D eigenvalue weighted by molar-refractivity contribution is 5.72. The van der Waals surface area contributed by atoms with Crippen LogP contribution in [0.1, 0.15) is 36.8 Å². The third kappa shape index (κ3) is 3.40. The summed E-state index contributed by atoms with van der Waals surface area (Å²) < 4.78 is 6.13. The predicted molar refractivity (Wildman–Crippen MR) is 77.3 cm³/mol. The van der Waals surface area contributed by atoms with Crippen LogP contribution in [-0.4, -0.2) is 24.3 Å². The fourth-order valence-corrected chi connectivity index (χ4v) is 2.67. The molecule has 1 aliphatic rings. The molecule has 5 heteroatoms. The Morgan fingerprint density at radius 1 is 1.45 bits per heavy atom. The van der Waals surface area contributed by atoms with Gasteiger partial charge in [0.25, 0.3) is 5.56 Å². The summed E-state index contributed by atoms with van der Waals surface area (Å²) in [5.41, 5.74) is 4.32. The first kappa shape index (κ1) is 14.6. The van der Waals surface area contributed by atoms with Crippen molar-refractivity contribution >= 4 is 5.97 Å². The van der Waals surface area contributed by atoms with E-state index >= 15 is 0 Å². The minimum Gasteiger partial charge on any atom is -0.469 e. The summed E-state index contributed by atoms with van der Waals surface area (Å²) in [7, 11) is 1.33. The summed E-state index contributed by atoms with van der Waals surface area (Å²) in [6.45, 7) is 2.64. The van der Waals surface area contributed by atoms with Crippen LogP contribution < -0.4 is 11.0 Å². The number of hydrogen-bond donors (Lipinski definition) is 1. The molecule has 0 radical (unpaired) electrons. The maximum absolute atomic E-state index is 12.3.